The number of hydrogen-bond acceptors (Lipinski definition) is 3. The molecule has 1 aliphatic heterocycles. The first kappa shape index (κ1) is 13.1. The Labute approximate surface area is 115 Å². The van der Waals surface area contributed by atoms with Gasteiger partial charge in [-0.2, -0.15) is 0 Å². The second kappa shape index (κ2) is 6.04. The summed E-state index contributed by atoms with van der Waals surface area (Å²) in [6.45, 7) is 3.92. The molecule has 1 saturated heterocycles. The van der Waals surface area contributed by atoms with Crippen LogP contribution in [0.5, 0.6) is 0 Å². The van der Waals surface area contributed by atoms with Crippen LogP contribution in [-0.4, -0.2) is 44.3 Å². The highest BCUT2D eigenvalue weighted by atomic mass is 16.5. The van der Waals surface area contributed by atoms with Crippen molar-refractivity contribution in [1.29, 1.82) is 0 Å². The number of rotatable bonds is 2. The monoisotopic (exact) mass is 260 g/mol. The fraction of sp³-hybridized carbons (Fsp3) is 0.625. The minimum absolute atomic E-state index is 0.455. The standard InChI is InChI=1S/C16H24N2O/c1-17-16-14-7-3-2-5-13(14)6-4-8-15(16)18-9-11-19-12-10-18/h2-3,5,7,15-17H,4,6,8-12H2,1H3. The highest BCUT2D eigenvalue weighted by Gasteiger charge is 2.31. The fourth-order valence-electron chi connectivity index (χ4n) is 3.59. The van der Waals surface area contributed by atoms with Gasteiger partial charge in [-0.3, -0.25) is 4.90 Å². The number of ether oxygens (including phenoxy) is 1. The zero-order chi connectivity index (χ0) is 13.1. The number of benzene rings is 1. The maximum Gasteiger partial charge on any atom is 0.0594 e. The molecule has 1 heterocycles. The van der Waals surface area contributed by atoms with E-state index in [9.17, 15) is 0 Å². The molecule has 3 rings (SSSR count). The molecular weight excluding hydrogens is 236 g/mol. The van der Waals surface area contributed by atoms with Crippen LogP contribution in [0.15, 0.2) is 24.3 Å². The van der Waals surface area contributed by atoms with Gasteiger partial charge in [0.1, 0.15) is 0 Å². The van der Waals surface area contributed by atoms with Crippen LogP contribution in [0, 0.1) is 0 Å². The number of aryl methyl sites for hydroxylation is 1. The summed E-state index contributed by atoms with van der Waals surface area (Å²) in [7, 11) is 2.10. The summed E-state index contributed by atoms with van der Waals surface area (Å²) in [5.41, 5.74) is 3.02. The van der Waals surface area contributed by atoms with Gasteiger partial charge in [0.15, 0.2) is 0 Å². The van der Waals surface area contributed by atoms with Crippen LogP contribution in [0.25, 0.3) is 0 Å². The van der Waals surface area contributed by atoms with Crippen LogP contribution >= 0.6 is 0 Å². The predicted octanol–water partition coefficient (Wildman–Crippen LogP) is 1.98. The molecule has 1 fully saturated rings. The van der Waals surface area contributed by atoms with E-state index in [1.165, 1.54) is 30.4 Å². The Morgan fingerprint density at radius 3 is 2.79 bits per heavy atom. The van der Waals surface area contributed by atoms with Gasteiger partial charge >= 0.3 is 0 Å². The number of likely N-dealkylation sites (N-methyl/N-ethyl adjacent to an activating group) is 1. The third kappa shape index (κ3) is 2.69. The van der Waals surface area contributed by atoms with E-state index in [1.54, 1.807) is 0 Å². The molecule has 1 N–H and O–H groups in total. The average molecular weight is 260 g/mol. The van der Waals surface area contributed by atoms with E-state index in [4.69, 9.17) is 4.74 Å². The molecule has 0 amide bonds. The highest BCUT2D eigenvalue weighted by molar-refractivity contribution is 5.32. The smallest absolute Gasteiger partial charge is 0.0594 e. The summed E-state index contributed by atoms with van der Waals surface area (Å²) in [5.74, 6) is 0. The first-order valence-electron chi connectivity index (χ1n) is 7.47. The summed E-state index contributed by atoms with van der Waals surface area (Å²) in [5, 5.41) is 3.57. The van der Waals surface area contributed by atoms with Gasteiger partial charge in [0.25, 0.3) is 0 Å². The van der Waals surface area contributed by atoms with Gasteiger partial charge in [-0.1, -0.05) is 24.3 Å². The summed E-state index contributed by atoms with van der Waals surface area (Å²) >= 11 is 0. The Bertz CT molecular complexity index is 415. The van der Waals surface area contributed by atoms with Gasteiger partial charge in [0, 0.05) is 25.2 Å². The van der Waals surface area contributed by atoms with Crippen LogP contribution in [0.1, 0.15) is 30.0 Å². The number of fused-ring (bicyclic) bond motifs is 1. The molecule has 0 saturated carbocycles. The van der Waals surface area contributed by atoms with Gasteiger partial charge in [-0.05, 0) is 37.4 Å². The zero-order valence-corrected chi connectivity index (χ0v) is 11.8. The zero-order valence-electron chi connectivity index (χ0n) is 11.8. The van der Waals surface area contributed by atoms with Crippen LogP contribution in [0.2, 0.25) is 0 Å². The molecule has 2 atom stereocenters. The Hall–Kier alpha value is -0.900. The molecule has 3 heteroatoms. The molecule has 0 bridgehead atoms. The minimum atomic E-state index is 0.455. The molecule has 1 aromatic carbocycles. The van der Waals surface area contributed by atoms with Crippen molar-refractivity contribution in [3.05, 3.63) is 35.4 Å². The van der Waals surface area contributed by atoms with Crippen LogP contribution < -0.4 is 5.32 Å². The van der Waals surface area contributed by atoms with Gasteiger partial charge < -0.3 is 10.1 Å². The van der Waals surface area contributed by atoms with Crippen molar-refractivity contribution >= 4 is 0 Å². The topological polar surface area (TPSA) is 24.5 Å². The number of morpholine rings is 1. The number of hydrogen-bond donors (Lipinski definition) is 1. The molecule has 104 valence electrons. The van der Waals surface area contributed by atoms with E-state index in [0.29, 0.717) is 12.1 Å². The molecular formula is C16H24N2O. The maximum atomic E-state index is 5.50. The number of nitrogens with one attached hydrogen (secondary N) is 1. The van der Waals surface area contributed by atoms with Crippen molar-refractivity contribution in [2.75, 3.05) is 33.4 Å². The van der Waals surface area contributed by atoms with E-state index >= 15 is 0 Å². The van der Waals surface area contributed by atoms with Crippen molar-refractivity contribution in [2.24, 2.45) is 0 Å². The normalized spacial score (nSPS) is 28.7. The summed E-state index contributed by atoms with van der Waals surface area (Å²) in [6, 6.07) is 10.00. The Kier molecular flexibility index (Phi) is 4.16. The molecule has 0 aromatic heterocycles. The van der Waals surface area contributed by atoms with Crippen LogP contribution in [0.3, 0.4) is 0 Å². The maximum absolute atomic E-state index is 5.50. The highest BCUT2D eigenvalue weighted by Crippen LogP contribution is 2.32. The SMILES string of the molecule is CNC1c2ccccc2CCCC1N1CCOCC1. The lowest BCUT2D eigenvalue weighted by Gasteiger charge is -2.38. The molecule has 2 unspecified atom stereocenters. The Morgan fingerprint density at radius 1 is 1.21 bits per heavy atom. The Morgan fingerprint density at radius 2 is 2.00 bits per heavy atom. The van der Waals surface area contributed by atoms with Crippen molar-refractivity contribution in [3.8, 4) is 0 Å². The van der Waals surface area contributed by atoms with E-state index in [2.05, 4.69) is 41.5 Å². The molecule has 0 radical (unpaired) electrons. The molecule has 1 aromatic rings. The van der Waals surface area contributed by atoms with Gasteiger partial charge in [0.05, 0.1) is 13.2 Å². The predicted molar refractivity (Wildman–Crippen MR) is 77.4 cm³/mol. The van der Waals surface area contributed by atoms with E-state index in [-0.39, 0.29) is 0 Å². The lowest BCUT2D eigenvalue weighted by Crippen LogP contribution is -2.48. The van der Waals surface area contributed by atoms with Gasteiger partial charge in [-0.25, -0.2) is 0 Å². The second-order valence-corrected chi connectivity index (χ2v) is 5.57. The molecule has 2 aliphatic rings. The van der Waals surface area contributed by atoms with Crippen LogP contribution in [0.4, 0.5) is 0 Å². The van der Waals surface area contributed by atoms with Crippen LogP contribution in [-0.2, 0) is 11.2 Å². The van der Waals surface area contributed by atoms with E-state index in [1.807, 2.05) is 0 Å². The summed E-state index contributed by atoms with van der Waals surface area (Å²) in [6.07, 6.45) is 3.78. The third-order valence-corrected chi connectivity index (χ3v) is 4.55. The van der Waals surface area contributed by atoms with Gasteiger partial charge in [-0.15, -0.1) is 0 Å². The molecule has 19 heavy (non-hydrogen) atoms. The van der Waals surface area contributed by atoms with E-state index in [0.717, 1.165) is 26.3 Å². The Balaban J connectivity index is 1.88. The quantitative estimate of drug-likeness (QED) is 0.823. The molecule has 0 spiro atoms. The van der Waals surface area contributed by atoms with Crippen molar-refractivity contribution in [3.63, 3.8) is 0 Å². The van der Waals surface area contributed by atoms with Gasteiger partial charge in [0.2, 0.25) is 0 Å². The van der Waals surface area contributed by atoms with E-state index < -0.39 is 0 Å². The molecule has 1 aliphatic carbocycles. The minimum Gasteiger partial charge on any atom is -0.379 e. The van der Waals surface area contributed by atoms with Crippen molar-refractivity contribution in [2.45, 2.75) is 31.3 Å². The first-order valence-corrected chi connectivity index (χ1v) is 7.47. The second-order valence-electron chi connectivity index (χ2n) is 5.57. The largest absolute Gasteiger partial charge is 0.379 e. The lowest BCUT2D eigenvalue weighted by atomic mass is 9.95. The van der Waals surface area contributed by atoms with Crippen molar-refractivity contribution < 1.29 is 4.74 Å². The first-order chi connectivity index (χ1) is 9.40. The summed E-state index contributed by atoms with van der Waals surface area (Å²) in [4.78, 5) is 2.62. The third-order valence-electron chi connectivity index (χ3n) is 4.55. The fourth-order valence-corrected chi connectivity index (χ4v) is 3.59. The lowest BCUT2D eigenvalue weighted by molar-refractivity contribution is 0.00643. The van der Waals surface area contributed by atoms with Crippen molar-refractivity contribution in [1.82, 2.24) is 10.2 Å². The summed E-state index contributed by atoms with van der Waals surface area (Å²) < 4.78 is 5.50. The number of nitrogens with zero attached hydrogens (tertiary/aromatic N) is 1. The molecule has 3 nitrogen and oxygen atoms in total. The average Bonchev–Trinajstić information content (AvgIpc) is 2.67.